The van der Waals surface area contributed by atoms with Crippen LogP contribution in [0.1, 0.15) is 52.6 Å². The number of aryl methyl sites for hydroxylation is 5. The van der Waals surface area contributed by atoms with Gasteiger partial charge < -0.3 is 5.73 Å². The zero-order chi connectivity index (χ0) is 31.1. The molecule has 1 aromatic heterocycles. The Morgan fingerprint density at radius 2 is 1.48 bits per heavy atom. The highest BCUT2D eigenvalue weighted by Crippen LogP contribution is 2.41. The van der Waals surface area contributed by atoms with Crippen molar-refractivity contribution in [2.24, 2.45) is 0 Å². The summed E-state index contributed by atoms with van der Waals surface area (Å²) in [6.07, 6.45) is 13.4. The standard InChI is InChI=1S/C22H18F2N4.C16H18/c23-19-20(26)16(13-25)21(24)27-22(19)28-17-9-4-2-1-3-7-14(17)11-12-15-8-5-6-10-18(15)28;1-13-7-3-5-9-15(13)11-12-16-10-6-4-8-14(16)2/h1,3-6,8-10H,2,7,11-12H2,(H2,26,27);3-10H,11-12H2,1-2H3/b3-1-,9-4-;. The molecule has 1 aliphatic heterocycles. The Bertz CT molecular complexity index is 1750. The highest BCUT2D eigenvalue weighted by Gasteiger charge is 2.29. The number of hydrogen-bond acceptors (Lipinski definition) is 4. The van der Waals surface area contributed by atoms with Gasteiger partial charge in [0.25, 0.3) is 0 Å². The van der Waals surface area contributed by atoms with Crippen LogP contribution in [0.4, 0.5) is 26.0 Å². The van der Waals surface area contributed by atoms with Crippen molar-refractivity contribution in [1.82, 2.24) is 4.98 Å². The van der Waals surface area contributed by atoms with Gasteiger partial charge in [-0.3, -0.25) is 4.90 Å². The van der Waals surface area contributed by atoms with Crippen molar-refractivity contribution in [2.45, 2.75) is 52.4 Å². The van der Waals surface area contributed by atoms with Crippen molar-refractivity contribution in [3.8, 4) is 6.07 Å². The van der Waals surface area contributed by atoms with Crippen LogP contribution in [0.5, 0.6) is 0 Å². The number of nitriles is 1. The minimum absolute atomic E-state index is 0.231. The molecule has 2 aliphatic rings. The summed E-state index contributed by atoms with van der Waals surface area (Å²) in [5.74, 6) is -2.20. The molecular weight excluding hydrogens is 550 g/mol. The Morgan fingerprint density at radius 1 is 0.841 bits per heavy atom. The molecule has 4 aromatic rings. The Balaban J connectivity index is 0.000000204. The van der Waals surface area contributed by atoms with Crippen molar-refractivity contribution in [2.75, 3.05) is 10.6 Å². The van der Waals surface area contributed by atoms with E-state index in [2.05, 4.69) is 79.5 Å². The number of anilines is 3. The molecule has 44 heavy (non-hydrogen) atoms. The van der Waals surface area contributed by atoms with Crippen LogP contribution in [0.3, 0.4) is 0 Å². The van der Waals surface area contributed by atoms with Crippen LogP contribution >= 0.6 is 0 Å². The molecule has 0 fully saturated rings. The van der Waals surface area contributed by atoms with E-state index in [-0.39, 0.29) is 5.82 Å². The normalized spacial score (nSPS) is 15.4. The highest BCUT2D eigenvalue weighted by molar-refractivity contribution is 5.75. The Morgan fingerprint density at radius 3 is 2.14 bits per heavy atom. The van der Waals surface area contributed by atoms with Crippen molar-refractivity contribution < 1.29 is 8.78 Å². The SMILES string of the molecule is Cc1ccccc1CCc1ccccc1C.N#Cc1c(F)nc(N2C3=C(C/C=C\C/C=C\3)CCc3ccccc32)c(F)c1N. The van der Waals surface area contributed by atoms with Gasteiger partial charge >= 0.3 is 0 Å². The third-order valence-corrected chi connectivity index (χ3v) is 8.23. The molecule has 0 bridgehead atoms. The van der Waals surface area contributed by atoms with Gasteiger partial charge in [0.1, 0.15) is 11.6 Å². The van der Waals surface area contributed by atoms with Crippen LogP contribution in [0, 0.1) is 36.9 Å². The first-order valence-corrected chi connectivity index (χ1v) is 14.9. The smallest absolute Gasteiger partial charge is 0.235 e. The molecule has 0 atom stereocenters. The van der Waals surface area contributed by atoms with Gasteiger partial charge in [0.15, 0.2) is 11.6 Å². The number of para-hydroxylation sites is 1. The van der Waals surface area contributed by atoms with Crippen LogP contribution < -0.4 is 10.6 Å². The number of nitrogen functional groups attached to an aromatic ring is 1. The second-order valence-corrected chi connectivity index (χ2v) is 11.1. The van der Waals surface area contributed by atoms with Gasteiger partial charge in [-0.2, -0.15) is 14.6 Å². The molecule has 0 saturated carbocycles. The molecule has 6 rings (SSSR count). The number of pyridine rings is 1. The molecular formula is C38H36F2N4. The van der Waals surface area contributed by atoms with Crippen molar-refractivity contribution in [3.05, 3.63) is 154 Å². The predicted molar refractivity (Wildman–Crippen MR) is 174 cm³/mol. The molecule has 0 unspecified atom stereocenters. The number of rotatable bonds is 4. The van der Waals surface area contributed by atoms with Crippen LogP contribution in [-0.4, -0.2) is 4.98 Å². The number of nitrogens with two attached hydrogens (primary N) is 1. The van der Waals surface area contributed by atoms with Crippen molar-refractivity contribution in [1.29, 1.82) is 5.26 Å². The van der Waals surface area contributed by atoms with Crippen LogP contribution in [-0.2, 0) is 19.3 Å². The first-order chi connectivity index (χ1) is 21.4. The van der Waals surface area contributed by atoms with Gasteiger partial charge in [-0.15, -0.1) is 0 Å². The van der Waals surface area contributed by atoms with E-state index in [1.54, 1.807) is 11.0 Å². The predicted octanol–water partition coefficient (Wildman–Crippen LogP) is 9.15. The number of aromatic nitrogens is 1. The van der Waals surface area contributed by atoms with Gasteiger partial charge in [-0.25, -0.2) is 4.39 Å². The lowest BCUT2D eigenvalue weighted by atomic mass is 9.98. The molecule has 3 aromatic carbocycles. The number of halogens is 2. The zero-order valence-electron chi connectivity index (χ0n) is 25.2. The molecule has 222 valence electrons. The monoisotopic (exact) mass is 586 g/mol. The third-order valence-electron chi connectivity index (χ3n) is 8.23. The molecule has 2 heterocycles. The summed E-state index contributed by atoms with van der Waals surface area (Å²) in [6.45, 7) is 4.38. The third kappa shape index (κ3) is 6.63. The summed E-state index contributed by atoms with van der Waals surface area (Å²) in [6, 6.07) is 26.5. The summed E-state index contributed by atoms with van der Waals surface area (Å²) in [7, 11) is 0. The Hall–Kier alpha value is -5.02. The molecule has 1 aliphatic carbocycles. The van der Waals surface area contributed by atoms with Crippen molar-refractivity contribution >= 4 is 17.2 Å². The molecule has 0 spiro atoms. The van der Waals surface area contributed by atoms with Gasteiger partial charge in [-0.05, 0) is 97.9 Å². The second kappa shape index (κ2) is 14.0. The lowest BCUT2D eigenvalue weighted by Crippen LogP contribution is -2.21. The summed E-state index contributed by atoms with van der Waals surface area (Å²) < 4.78 is 29.6. The van der Waals surface area contributed by atoms with Crippen LogP contribution in [0.25, 0.3) is 0 Å². The lowest BCUT2D eigenvalue weighted by Gasteiger charge is -2.28. The number of nitrogens with zero attached hydrogens (tertiary/aromatic N) is 3. The summed E-state index contributed by atoms with van der Waals surface area (Å²) in [5, 5.41) is 9.07. The molecule has 0 amide bonds. The van der Waals surface area contributed by atoms with E-state index in [0.717, 1.165) is 61.0 Å². The minimum atomic E-state index is -1.07. The Labute approximate surface area is 258 Å². The molecule has 0 radical (unpaired) electrons. The van der Waals surface area contributed by atoms with E-state index in [1.165, 1.54) is 22.3 Å². The lowest BCUT2D eigenvalue weighted by molar-refractivity contribution is 0.560. The second-order valence-electron chi connectivity index (χ2n) is 11.1. The maximum atomic E-state index is 15.2. The van der Waals surface area contributed by atoms with E-state index in [0.29, 0.717) is 0 Å². The maximum absolute atomic E-state index is 15.2. The fraction of sp³-hybridized carbons (Fsp3) is 0.211. The Kier molecular flexibility index (Phi) is 9.66. The van der Waals surface area contributed by atoms with E-state index in [1.807, 2.05) is 36.4 Å². The molecule has 0 saturated heterocycles. The minimum Gasteiger partial charge on any atom is -0.395 e. The summed E-state index contributed by atoms with van der Waals surface area (Å²) in [4.78, 5) is 5.44. The summed E-state index contributed by atoms with van der Waals surface area (Å²) in [5.41, 5.74) is 14.0. The molecule has 6 heteroatoms. The average Bonchev–Trinajstić information content (AvgIpc) is 3.16. The number of allylic oxidation sites excluding steroid dienone is 5. The van der Waals surface area contributed by atoms with E-state index < -0.39 is 23.0 Å². The summed E-state index contributed by atoms with van der Waals surface area (Å²) >= 11 is 0. The number of fused-ring (bicyclic) bond motifs is 1. The zero-order valence-corrected chi connectivity index (χ0v) is 25.2. The van der Waals surface area contributed by atoms with Crippen LogP contribution in [0.15, 0.2) is 108 Å². The molecule has 4 nitrogen and oxygen atoms in total. The largest absolute Gasteiger partial charge is 0.395 e. The van der Waals surface area contributed by atoms with Gasteiger partial charge in [0.2, 0.25) is 5.95 Å². The van der Waals surface area contributed by atoms with Gasteiger partial charge in [0.05, 0.1) is 11.4 Å². The topological polar surface area (TPSA) is 65.9 Å². The van der Waals surface area contributed by atoms with Gasteiger partial charge in [0, 0.05) is 5.70 Å². The van der Waals surface area contributed by atoms with Crippen molar-refractivity contribution in [3.63, 3.8) is 0 Å². The number of hydrogen-bond donors (Lipinski definition) is 1. The van der Waals surface area contributed by atoms with Gasteiger partial charge in [-0.1, -0.05) is 85.0 Å². The quantitative estimate of drug-likeness (QED) is 0.191. The maximum Gasteiger partial charge on any atom is 0.235 e. The molecule has 2 N–H and O–H groups in total. The first kappa shape index (κ1) is 30.4. The fourth-order valence-electron chi connectivity index (χ4n) is 5.69. The average molecular weight is 587 g/mol. The first-order valence-electron chi connectivity index (χ1n) is 14.9. The fourth-order valence-corrected chi connectivity index (χ4v) is 5.69. The van der Waals surface area contributed by atoms with E-state index >= 15 is 4.39 Å². The van der Waals surface area contributed by atoms with E-state index in [4.69, 9.17) is 11.0 Å². The highest BCUT2D eigenvalue weighted by atomic mass is 19.1. The number of benzene rings is 3. The van der Waals surface area contributed by atoms with E-state index in [9.17, 15) is 4.39 Å². The van der Waals surface area contributed by atoms with Crippen LogP contribution in [0.2, 0.25) is 0 Å².